The number of rotatable bonds is 48. The van der Waals surface area contributed by atoms with Crippen LogP contribution in [0.3, 0.4) is 0 Å². The molecule has 0 spiro atoms. The maximum Gasteiger partial charge on any atom is 0.261 e. The summed E-state index contributed by atoms with van der Waals surface area (Å²) in [7, 11) is 0. The molecule has 100 heavy (non-hydrogen) atoms. The van der Waals surface area contributed by atoms with Gasteiger partial charge in [0.1, 0.15) is 11.5 Å². The zero-order valence-electron chi connectivity index (χ0n) is 61.9. The van der Waals surface area contributed by atoms with Crippen LogP contribution >= 0.6 is 45.2 Å². The lowest BCUT2D eigenvalue weighted by molar-refractivity contribution is 0.304. The Morgan fingerprint density at radius 3 is 0.800 bits per heavy atom. The summed E-state index contributed by atoms with van der Waals surface area (Å²) < 4.78 is 18.4. The number of aromatic nitrogens is 2. The van der Waals surface area contributed by atoms with Gasteiger partial charge in [-0.3, -0.25) is 28.3 Å². The summed E-state index contributed by atoms with van der Waals surface area (Å²) in [5, 5.41) is 13.2. The van der Waals surface area contributed by atoms with E-state index in [9.17, 15) is 0 Å². The van der Waals surface area contributed by atoms with E-state index in [2.05, 4.69) is 160 Å². The minimum absolute atomic E-state index is 0.210. The Bertz CT molecular complexity index is 4290. The van der Waals surface area contributed by atoms with E-state index in [4.69, 9.17) is 9.47 Å². The molecule has 11 rings (SSSR count). The van der Waals surface area contributed by atoms with Crippen molar-refractivity contribution in [2.24, 2.45) is 0 Å². The summed E-state index contributed by atoms with van der Waals surface area (Å²) in [4.78, 5) is 64.8. The van der Waals surface area contributed by atoms with Gasteiger partial charge in [-0.15, -0.1) is 0 Å². The van der Waals surface area contributed by atoms with E-state index in [-0.39, 0.29) is 34.3 Å². The Kier molecular flexibility index (Phi) is 28.3. The van der Waals surface area contributed by atoms with Gasteiger partial charge in [0.15, 0.2) is 0 Å². The Morgan fingerprint density at radius 1 is 0.280 bits per heavy atom. The number of halogens is 2. The molecule has 8 nitrogen and oxygen atoms in total. The Hall–Kier alpha value is -5.34. The number of nitrogens with zero attached hydrogens (tertiary/aromatic N) is 2. The quantitative estimate of drug-likeness (QED) is 0.0163. The van der Waals surface area contributed by atoms with E-state index in [1.165, 1.54) is 103 Å². The molecule has 0 fully saturated rings. The molecule has 536 valence electrons. The predicted molar refractivity (Wildman–Crippen MR) is 448 cm³/mol. The highest BCUT2D eigenvalue weighted by molar-refractivity contribution is 14.1. The summed E-state index contributed by atoms with van der Waals surface area (Å²) in [6, 6.07) is 25.2. The first-order chi connectivity index (χ1) is 49.0. The van der Waals surface area contributed by atoms with Crippen LogP contribution in [0.5, 0.6) is 11.5 Å². The summed E-state index contributed by atoms with van der Waals surface area (Å²) in [6.07, 6.45) is 45.4. The van der Waals surface area contributed by atoms with Crippen LogP contribution in [0.2, 0.25) is 0 Å². The van der Waals surface area contributed by atoms with Gasteiger partial charge in [0.2, 0.25) is 0 Å². The topological polar surface area (TPSA) is 96.6 Å². The second kappa shape index (κ2) is 37.4. The van der Waals surface area contributed by atoms with Crippen LogP contribution < -0.4 is 31.7 Å². The number of unbranched alkanes of at least 4 members (excludes halogenated alkanes) is 30. The monoisotopic (exact) mass is 1570 g/mol. The SMILES string of the molecule is CCCCCCCCCCCCOc1ccc(-c2c(I)c3cc4c(=O)n(C(CCCCCC)CCCCCC)c(=O)c5cc6c(-c7ccc(OCCCCCCCCCCCC)cc7)c(I)c7cc8c(=O)n(C(CCCCCC)CCCCCC)c(=O)c9cc2c2c3c(c45)c6c7c2c89)cc1. The highest BCUT2D eigenvalue weighted by Crippen LogP contribution is 2.57. The van der Waals surface area contributed by atoms with Crippen molar-refractivity contribution in [2.75, 3.05) is 13.2 Å². The highest BCUT2D eigenvalue weighted by Gasteiger charge is 2.34. The summed E-state index contributed by atoms with van der Waals surface area (Å²) in [5.41, 5.74) is 3.09. The van der Waals surface area contributed by atoms with Gasteiger partial charge in [0.05, 0.1) is 13.2 Å². The van der Waals surface area contributed by atoms with Gasteiger partial charge < -0.3 is 9.47 Å². The van der Waals surface area contributed by atoms with E-state index in [0.29, 0.717) is 45.5 Å². The molecule has 0 saturated carbocycles. The van der Waals surface area contributed by atoms with Crippen molar-refractivity contribution in [3.63, 3.8) is 0 Å². The minimum atomic E-state index is -0.243. The van der Waals surface area contributed by atoms with Gasteiger partial charge in [-0.1, -0.05) is 284 Å². The smallest absolute Gasteiger partial charge is 0.261 e. The van der Waals surface area contributed by atoms with E-state index in [1.54, 1.807) is 9.13 Å². The maximum absolute atomic E-state index is 16.2. The van der Waals surface area contributed by atoms with Crippen LogP contribution in [0, 0.1) is 7.14 Å². The van der Waals surface area contributed by atoms with E-state index < -0.39 is 0 Å². The molecular weight excluding hydrogens is 1460 g/mol. The van der Waals surface area contributed by atoms with Gasteiger partial charge in [-0.05, 0) is 186 Å². The molecule has 0 amide bonds. The molecule has 9 aromatic carbocycles. The third-order valence-electron chi connectivity index (χ3n) is 22.7. The fourth-order valence-corrected chi connectivity index (χ4v) is 19.2. The zero-order chi connectivity index (χ0) is 70.1. The molecular formula is C90H116I2N2O6. The van der Waals surface area contributed by atoms with Crippen molar-refractivity contribution >= 4 is 131 Å². The molecule has 10 heteroatoms. The van der Waals surface area contributed by atoms with Crippen LogP contribution in [-0.4, -0.2) is 22.3 Å². The van der Waals surface area contributed by atoms with Crippen molar-refractivity contribution < 1.29 is 9.47 Å². The first-order valence-corrected chi connectivity index (χ1v) is 42.6. The van der Waals surface area contributed by atoms with Crippen molar-refractivity contribution in [2.45, 2.75) is 310 Å². The van der Waals surface area contributed by atoms with Crippen LogP contribution in [0.1, 0.15) is 310 Å². The molecule has 0 aliphatic rings. The summed E-state index contributed by atoms with van der Waals surface area (Å²) in [5.74, 6) is 1.65. The van der Waals surface area contributed by atoms with E-state index in [1.807, 2.05) is 0 Å². The second-order valence-electron chi connectivity index (χ2n) is 30.0. The number of hydrogen-bond donors (Lipinski definition) is 0. The van der Waals surface area contributed by atoms with Crippen LogP contribution in [0.4, 0.5) is 0 Å². The highest BCUT2D eigenvalue weighted by atomic mass is 127. The fourth-order valence-electron chi connectivity index (χ4n) is 17.2. The molecule has 2 heterocycles. The lowest BCUT2D eigenvalue weighted by Crippen LogP contribution is -2.37. The first kappa shape index (κ1) is 75.8. The minimum Gasteiger partial charge on any atom is -0.494 e. The molecule has 0 aliphatic carbocycles. The molecule has 11 aromatic rings. The Labute approximate surface area is 623 Å². The van der Waals surface area contributed by atoms with Gasteiger partial charge in [0, 0.05) is 73.4 Å². The van der Waals surface area contributed by atoms with Crippen molar-refractivity contribution in [1.82, 2.24) is 9.13 Å². The number of hydrogen-bond acceptors (Lipinski definition) is 6. The predicted octanol–water partition coefficient (Wildman–Crippen LogP) is 27.3. The van der Waals surface area contributed by atoms with Gasteiger partial charge in [-0.2, -0.15) is 0 Å². The van der Waals surface area contributed by atoms with E-state index in [0.717, 1.165) is 249 Å². The molecule has 0 atom stereocenters. The third kappa shape index (κ3) is 16.6. The zero-order valence-corrected chi connectivity index (χ0v) is 66.2. The number of benzene rings is 9. The average Bonchev–Trinajstić information content (AvgIpc) is 0.656. The largest absolute Gasteiger partial charge is 0.494 e. The molecule has 2 aromatic heterocycles. The Balaban J connectivity index is 1.14. The summed E-state index contributed by atoms with van der Waals surface area (Å²) in [6.45, 7) is 14.8. The third-order valence-corrected chi connectivity index (χ3v) is 24.9. The normalized spacial score (nSPS) is 12.4. The van der Waals surface area contributed by atoms with Gasteiger partial charge >= 0.3 is 0 Å². The van der Waals surface area contributed by atoms with E-state index >= 15 is 19.2 Å². The lowest BCUT2D eigenvalue weighted by atomic mass is 9.77. The molecule has 0 aliphatic heterocycles. The number of pyridine rings is 2. The molecule has 0 saturated heterocycles. The molecule has 0 radical (unpaired) electrons. The molecule has 0 unspecified atom stereocenters. The standard InChI is InChI=1S/C90H116I2N2O6/c1-7-13-19-25-27-29-31-33-35-41-55-99-65-51-47-61(48-52-65)75-67-57-71-77-74(90(98)93(87(71)95)63(43-37-21-15-9-3)44-38-22-16-10-4)60-70-82-80-68(76(86(70)92)62-49-53-66(54-50-62)100-56-42-36-34-32-30-28-26-20-14-8-2)58-72-78-73(59-69(85(75)91)81(84(78)80)79(67)83(77)82)89(97)94(88(72)96)64(45-39-23-17-11-5)46-40-24-18-12-6/h47-54,57-60,63-64H,7-46,55-56H2,1-6H3. The van der Waals surface area contributed by atoms with Gasteiger partial charge in [-0.25, -0.2) is 0 Å². The van der Waals surface area contributed by atoms with Crippen molar-refractivity contribution in [3.8, 4) is 33.8 Å². The van der Waals surface area contributed by atoms with Crippen LogP contribution in [0.15, 0.2) is 92.0 Å². The summed E-state index contributed by atoms with van der Waals surface area (Å²) >= 11 is 5.10. The van der Waals surface area contributed by atoms with Crippen LogP contribution in [0.25, 0.3) is 108 Å². The lowest BCUT2D eigenvalue weighted by Gasteiger charge is -2.28. The Morgan fingerprint density at radius 2 is 0.520 bits per heavy atom. The maximum atomic E-state index is 16.2. The van der Waals surface area contributed by atoms with Gasteiger partial charge in [0.25, 0.3) is 22.2 Å². The van der Waals surface area contributed by atoms with Crippen LogP contribution in [-0.2, 0) is 0 Å². The van der Waals surface area contributed by atoms with Crippen molar-refractivity contribution in [3.05, 3.63) is 121 Å². The first-order valence-electron chi connectivity index (χ1n) is 40.4. The average molecular weight is 1580 g/mol. The fraction of sp³-hybridized carbons (Fsp3) is 0.556. The number of ether oxygens (including phenoxy) is 2. The van der Waals surface area contributed by atoms with Crippen molar-refractivity contribution in [1.29, 1.82) is 0 Å². The molecule has 0 N–H and O–H groups in total. The molecule has 0 bridgehead atoms. The second-order valence-corrected chi connectivity index (χ2v) is 32.2.